The first-order chi connectivity index (χ1) is 8.16. The second-order valence-corrected chi connectivity index (χ2v) is 5.16. The first-order valence-corrected chi connectivity index (χ1v) is 6.48. The second-order valence-electron chi connectivity index (χ2n) is 4.27. The summed E-state index contributed by atoms with van der Waals surface area (Å²) in [7, 11) is 0. The largest absolute Gasteiger partial charge is 0.493 e. The lowest BCUT2D eigenvalue weighted by molar-refractivity contribution is 0.272. The maximum absolute atomic E-state index is 5.79. The van der Waals surface area contributed by atoms with Crippen LogP contribution in [0.4, 0.5) is 5.13 Å². The number of aromatic nitrogens is 1. The summed E-state index contributed by atoms with van der Waals surface area (Å²) in [5, 5.41) is 2.53. The second kappa shape index (κ2) is 5.19. The summed E-state index contributed by atoms with van der Waals surface area (Å²) in [6.07, 6.45) is 0. The molecular formula is C13H16N2OS. The number of hydrogen-bond donors (Lipinski definition) is 1. The average Bonchev–Trinajstić information content (AvgIpc) is 2.73. The van der Waals surface area contributed by atoms with Crippen molar-refractivity contribution >= 4 is 16.5 Å². The Hall–Kier alpha value is -1.55. The number of nitrogens with zero attached hydrogens (tertiary/aromatic N) is 1. The monoisotopic (exact) mass is 248 g/mol. The van der Waals surface area contributed by atoms with Crippen LogP contribution in [0.2, 0.25) is 0 Å². The molecule has 0 unspecified atom stereocenters. The number of nitrogens with two attached hydrogens (primary N) is 1. The van der Waals surface area contributed by atoms with Gasteiger partial charge in [0.2, 0.25) is 0 Å². The third-order valence-electron chi connectivity index (χ3n) is 2.26. The van der Waals surface area contributed by atoms with Gasteiger partial charge in [0.25, 0.3) is 0 Å². The molecule has 2 aromatic rings. The number of thiazole rings is 1. The van der Waals surface area contributed by atoms with Gasteiger partial charge in [-0.3, -0.25) is 0 Å². The molecule has 0 amide bonds. The van der Waals surface area contributed by atoms with Crippen molar-refractivity contribution in [2.45, 2.75) is 13.8 Å². The lowest BCUT2D eigenvalue weighted by Crippen LogP contribution is -2.05. The van der Waals surface area contributed by atoms with Crippen LogP contribution in [-0.2, 0) is 0 Å². The SMILES string of the molecule is CC(C)COc1ccccc1-c1csc(N)n1. The van der Waals surface area contributed by atoms with Gasteiger partial charge in [-0.15, -0.1) is 11.3 Å². The van der Waals surface area contributed by atoms with E-state index in [1.807, 2.05) is 29.6 Å². The molecule has 1 heterocycles. The van der Waals surface area contributed by atoms with Gasteiger partial charge in [0.15, 0.2) is 5.13 Å². The van der Waals surface area contributed by atoms with E-state index in [1.54, 1.807) is 0 Å². The molecule has 2 rings (SSSR count). The number of rotatable bonds is 4. The van der Waals surface area contributed by atoms with E-state index in [0.717, 1.165) is 17.0 Å². The van der Waals surface area contributed by atoms with Crippen LogP contribution in [0, 0.1) is 5.92 Å². The molecule has 4 heteroatoms. The Morgan fingerprint density at radius 1 is 1.35 bits per heavy atom. The number of ether oxygens (including phenoxy) is 1. The number of anilines is 1. The van der Waals surface area contributed by atoms with Crippen LogP contribution in [-0.4, -0.2) is 11.6 Å². The minimum absolute atomic E-state index is 0.503. The standard InChI is InChI=1S/C13H16N2OS/c1-9(2)7-16-12-6-4-3-5-10(12)11-8-17-13(14)15-11/h3-6,8-9H,7H2,1-2H3,(H2,14,15). The molecule has 0 saturated carbocycles. The van der Waals surface area contributed by atoms with E-state index in [1.165, 1.54) is 11.3 Å². The minimum Gasteiger partial charge on any atom is -0.493 e. The summed E-state index contributed by atoms with van der Waals surface area (Å²) in [6, 6.07) is 7.92. The Labute approximate surface area is 105 Å². The van der Waals surface area contributed by atoms with Crippen molar-refractivity contribution in [1.29, 1.82) is 0 Å². The summed E-state index contributed by atoms with van der Waals surface area (Å²) in [5.41, 5.74) is 7.54. The predicted molar refractivity (Wildman–Crippen MR) is 72.3 cm³/mol. The summed E-state index contributed by atoms with van der Waals surface area (Å²) in [4.78, 5) is 4.28. The number of benzene rings is 1. The lowest BCUT2D eigenvalue weighted by atomic mass is 10.1. The van der Waals surface area contributed by atoms with E-state index in [-0.39, 0.29) is 0 Å². The van der Waals surface area contributed by atoms with Crippen molar-refractivity contribution in [2.75, 3.05) is 12.3 Å². The van der Waals surface area contributed by atoms with Crippen LogP contribution in [0.15, 0.2) is 29.6 Å². The smallest absolute Gasteiger partial charge is 0.180 e. The van der Waals surface area contributed by atoms with Crippen molar-refractivity contribution in [3.8, 4) is 17.0 Å². The molecule has 0 radical (unpaired) electrons. The quantitative estimate of drug-likeness (QED) is 0.901. The van der Waals surface area contributed by atoms with E-state index >= 15 is 0 Å². The van der Waals surface area contributed by atoms with Gasteiger partial charge in [-0.25, -0.2) is 4.98 Å². The Bertz CT molecular complexity index is 494. The van der Waals surface area contributed by atoms with Crippen LogP contribution in [0.3, 0.4) is 0 Å². The molecule has 17 heavy (non-hydrogen) atoms. The summed E-state index contributed by atoms with van der Waals surface area (Å²) < 4.78 is 5.79. The highest BCUT2D eigenvalue weighted by Crippen LogP contribution is 2.31. The van der Waals surface area contributed by atoms with Crippen LogP contribution >= 0.6 is 11.3 Å². The predicted octanol–water partition coefficient (Wildman–Crippen LogP) is 3.43. The van der Waals surface area contributed by atoms with E-state index in [2.05, 4.69) is 18.8 Å². The first-order valence-electron chi connectivity index (χ1n) is 5.60. The molecule has 2 N–H and O–H groups in total. The molecule has 1 aromatic heterocycles. The van der Waals surface area contributed by atoms with Gasteiger partial charge in [-0.05, 0) is 18.1 Å². The van der Waals surface area contributed by atoms with E-state index in [4.69, 9.17) is 10.5 Å². The Morgan fingerprint density at radius 2 is 2.12 bits per heavy atom. The Kier molecular flexibility index (Phi) is 3.64. The van der Waals surface area contributed by atoms with Crippen molar-refractivity contribution in [1.82, 2.24) is 4.98 Å². The number of nitrogen functional groups attached to an aromatic ring is 1. The normalized spacial score (nSPS) is 10.8. The molecule has 0 spiro atoms. The molecule has 1 aromatic carbocycles. The van der Waals surface area contributed by atoms with Gasteiger partial charge in [0.05, 0.1) is 12.3 Å². The number of para-hydroxylation sites is 1. The highest BCUT2D eigenvalue weighted by Gasteiger charge is 2.09. The summed E-state index contributed by atoms with van der Waals surface area (Å²) >= 11 is 1.44. The molecule has 0 aliphatic heterocycles. The fourth-order valence-electron chi connectivity index (χ4n) is 1.47. The van der Waals surface area contributed by atoms with E-state index in [9.17, 15) is 0 Å². The molecule has 0 aliphatic rings. The van der Waals surface area contributed by atoms with Gasteiger partial charge in [0.1, 0.15) is 5.75 Å². The molecule has 0 saturated heterocycles. The summed E-state index contributed by atoms with van der Waals surface area (Å²) in [6.45, 7) is 4.96. The number of hydrogen-bond acceptors (Lipinski definition) is 4. The lowest BCUT2D eigenvalue weighted by Gasteiger charge is -2.11. The zero-order valence-electron chi connectivity index (χ0n) is 10.0. The molecular weight excluding hydrogens is 232 g/mol. The van der Waals surface area contributed by atoms with Crippen LogP contribution in [0.5, 0.6) is 5.75 Å². The zero-order chi connectivity index (χ0) is 12.3. The van der Waals surface area contributed by atoms with Crippen molar-refractivity contribution in [3.05, 3.63) is 29.6 Å². The van der Waals surface area contributed by atoms with Crippen LogP contribution < -0.4 is 10.5 Å². The van der Waals surface area contributed by atoms with E-state index in [0.29, 0.717) is 17.7 Å². The van der Waals surface area contributed by atoms with E-state index < -0.39 is 0 Å². The van der Waals surface area contributed by atoms with Gasteiger partial charge in [-0.2, -0.15) is 0 Å². The van der Waals surface area contributed by atoms with Gasteiger partial charge in [-0.1, -0.05) is 26.0 Å². The summed E-state index contributed by atoms with van der Waals surface area (Å²) in [5.74, 6) is 1.37. The molecule has 0 fully saturated rings. The Morgan fingerprint density at radius 3 is 2.76 bits per heavy atom. The Balaban J connectivity index is 2.27. The van der Waals surface area contributed by atoms with Gasteiger partial charge >= 0.3 is 0 Å². The van der Waals surface area contributed by atoms with Gasteiger partial charge in [0, 0.05) is 10.9 Å². The zero-order valence-corrected chi connectivity index (χ0v) is 10.8. The van der Waals surface area contributed by atoms with Crippen molar-refractivity contribution in [2.24, 2.45) is 5.92 Å². The highest BCUT2D eigenvalue weighted by atomic mass is 32.1. The fourth-order valence-corrected chi connectivity index (χ4v) is 2.03. The molecule has 3 nitrogen and oxygen atoms in total. The molecule has 0 atom stereocenters. The minimum atomic E-state index is 0.503. The average molecular weight is 248 g/mol. The highest BCUT2D eigenvalue weighted by molar-refractivity contribution is 7.13. The maximum atomic E-state index is 5.79. The van der Waals surface area contributed by atoms with Crippen molar-refractivity contribution < 1.29 is 4.74 Å². The third-order valence-corrected chi connectivity index (χ3v) is 2.93. The topological polar surface area (TPSA) is 48.1 Å². The maximum Gasteiger partial charge on any atom is 0.180 e. The molecule has 0 bridgehead atoms. The fraction of sp³-hybridized carbons (Fsp3) is 0.308. The van der Waals surface area contributed by atoms with Crippen molar-refractivity contribution in [3.63, 3.8) is 0 Å². The molecule has 0 aliphatic carbocycles. The van der Waals surface area contributed by atoms with Gasteiger partial charge < -0.3 is 10.5 Å². The van der Waals surface area contributed by atoms with Crippen LogP contribution in [0.1, 0.15) is 13.8 Å². The van der Waals surface area contributed by atoms with Crippen LogP contribution in [0.25, 0.3) is 11.3 Å². The molecule has 90 valence electrons. The third kappa shape index (κ3) is 2.97. The first kappa shape index (κ1) is 11.9.